The highest BCUT2D eigenvalue weighted by molar-refractivity contribution is 9.10. The molecule has 0 saturated heterocycles. The molecule has 0 aliphatic carbocycles. The third-order valence-corrected chi connectivity index (χ3v) is 5.58. The first kappa shape index (κ1) is 22.9. The molecule has 1 amide bonds. The minimum Gasteiger partial charge on any atom is -0.493 e. The largest absolute Gasteiger partial charge is 0.493 e. The van der Waals surface area contributed by atoms with Crippen LogP contribution in [0.15, 0.2) is 83.3 Å². The molecule has 0 radical (unpaired) electrons. The molecule has 5 heteroatoms. The summed E-state index contributed by atoms with van der Waals surface area (Å²) in [5, 5.41) is 10.0. The van der Waals surface area contributed by atoms with Crippen LogP contribution in [0.25, 0.3) is 0 Å². The highest BCUT2D eigenvalue weighted by Gasteiger charge is 2.35. The van der Waals surface area contributed by atoms with Crippen LogP contribution in [0.1, 0.15) is 43.5 Å². The van der Waals surface area contributed by atoms with Gasteiger partial charge in [-0.1, -0.05) is 70.5 Å². The molecule has 0 aromatic heterocycles. The van der Waals surface area contributed by atoms with E-state index in [4.69, 9.17) is 4.74 Å². The van der Waals surface area contributed by atoms with Crippen molar-refractivity contribution in [1.29, 1.82) is 0 Å². The average Bonchev–Trinajstić information content (AvgIpc) is 2.73. The number of halogens is 1. The van der Waals surface area contributed by atoms with Gasteiger partial charge in [-0.3, -0.25) is 4.90 Å². The van der Waals surface area contributed by atoms with Gasteiger partial charge in [0.05, 0.1) is 12.6 Å². The number of benzene rings is 3. The minimum absolute atomic E-state index is 0.436. The van der Waals surface area contributed by atoms with Crippen LogP contribution in [-0.4, -0.2) is 28.2 Å². The van der Waals surface area contributed by atoms with Crippen molar-refractivity contribution < 1.29 is 14.6 Å². The Morgan fingerprint density at radius 3 is 2.23 bits per heavy atom. The van der Waals surface area contributed by atoms with Crippen molar-refractivity contribution in [2.75, 3.05) is 6.61 Å². The fraction of sp³-hybridized carbons (Fsp3) is 0.269. The third kappa shape index (κ3) is 6.11. The van der Waals surface area contributed by atoms with Gasteiger partial charge in [-0.2, -0.15) is 0 Å². The molecule has 162 valence electrons. The molecule has 3 aromatic rings. The predicted molar refractivity (Wildman–Crippen MR) is 128 cm³/mol. The summed E-state index contributed by atoms with van der Waals surface area (Å²) in [6.45, 7) is 6.28. The first-order valence-electron chi connectivity index (χ1n) is 10.3. The Hall–Kier alpha value is -2.79. The van der Waals surface area contributed by atoms with E-state index in [-0.39, 0.29) is 0 Å². The van der Waals surface area contributed by atoms with Gasteiger partial charge in [0.2, 0.25) is 0 Å². The SMILES string of the molecule is CC(C)(C)N(C(=O)O)C(c1ccccc1)c1cccc(OCCc2ccc(Br)cc2)c1. The van der Waals surface area contributed by atoms with Gasteiger partial charge in [0.1, 0.15) is 5.75 Å². The van der Waals surface area contributed by atoms with Gasteiger partial charge in [-0.25, -0.2) is 4.79 Å². The third-order valence-electron chi connectivity index (χ3n) is 5.05. The molecule has 1 unspecified atom stereocenters. The number of hydrogen-bond donors (Lipinski definition) is 1. The fourth-order valence-electron chi connectivity index (χ4n) is 3.62. The van der Waals surface area contributed by atoms with Crippen molar-refractivity contribution in [2.45, 2.75) is 38.8 Å². The second kappa shape index (κ2) is 10.0. The van der Waals surface area contributed by atoms with E-state index in [1.54, 1.807) is 0 Å². The standard InChI is InChI=1S/C26H28BrNO3/c1-26(2,3)28(25(29)30)24(20-8-5-4-6-9-20)21-10-7-11-23(18-21)31-17-16-19-12-14-22(27)15-13-19/h4-15,18,24H,16-17H2,1-3H3,(H,29,30). The van der Waals surface area contributed by atoms with E-state index in [0.29, 0.717) is 6.61 Å². The molecule has 0 spiro atoms. The Bertz CT molecular complexity index is 997. The van der Waals surface area contributed by atoms with Crippen molar-refractivity contribution in [2.24, 2.45) is 0 Å². The lowest BCUT2D eigenvalue weighted by Gasteiger charge is -2.40. The van der Waals surface area contributed by atoms with Crippen molar-refractivity contribution >= 4 is 22.0 Å². The lowest BCUT2D eigenvalue weighted by molar-refractivity contribution is 0.0809. The molecule has 4 nitrogen and oxygen atoms in total. The molecule has 1 atom stereocenters. The maximum atomic E-state index is 12.3. The predicted octanol–water partition coefficient (Wildman–Crippen LogP) is 6.94. The first-order chi connectivity index (χ1) is 14.8. The topological polar surface area (TPSA) is 49.8 Å². The van der Waals surface area contributed by atoms with Crippen LogP contribution in [-0.2, 0) is 6.42 Å². The minimum atomic E-state index is -0.956. The number of ether oxygens (including phenoxy) is 1. The van der Waals surface area contributed by atoms with Crippen molar-refractivity contribution in [3.8, 4) is 5.75 Å². The Balaban J connectivity index is 1.86. The van der Waals surface area contributed by atoms with Crippen LogP contribution in [0.5, 0.6) is 5.75 Å². The van der Waals surface area contributed by atoms with E-state index in [2.05, 4.69) is 28.1 Å². The number of hydrogen-bond acceptors (Lipinski definition) is 2. The molecular weight excluding hydrogens is 454 g/mol. The molecule has 0 aliphatic rings. The monoisotopic (exact) mass is 481 g/mol. The summed E-state index contributed by atoms with van der Waals surface area (Å²) in [6, 6.07) is 25.2. The van der Waals surface area contributed by atoms with Gasteiger partial charge in [0.25, 0.3) is 0 Å². The van der Waals surface area contributed by atoms with E-state index in [1.165, 1.54) is 10.5 Å². The normalized spacial score (nSPS) is 12.3. The summed E-state index contributed by atoms with van der Waals surface area (Å²) in [7, 11) is 0. The zero-order valence-corrected chi connectivity index (χ0v) is 19.7. The zero-order valence-electron chi connectivity index (χ0n) is 18.1. The molecule has 0 bridgehead atoms. The van der Waals surface area contributed by atoms with Gasteiger partial charge in [0.15, 0.2) is 0 Å². The molecule has 0 saturated carbocycles. The quantitative estimate of drug-likeness (QED) is 0.397. The number of carbonyl (C=O) groups is 1. The van der Waals surface area contributed by atoms with Crippen LogP contribution in [0.3, 0.4) is 0 Å². The van der Waals surface area contributed by atoms with E-state index in [1.807, 2.05) is 87.5 Å². The highest BCUT2D eigenvalue weighted by Crippen LogP contribution is 2.35. The number of rotatable bonds is 7. The van der Waals surface area contributed by atoms with Crippen LogP contribution in [0.4, 0.5) is 4.79 Å². The van der Waals surface area contributed by atoms with E-state index >= 15 is 0 Å². The molecule has 3 aromatic carbocycles. The molecule has 3 rings (SSSR count). The van der Waals surface area contributed by atoms with Gasteiger partial charge >= 0.3 is 6.09 Å². The summed E-state index contributed by atoms with van der Waals surface area (Å²) in [5.41, 5.74) is 2.42. The van der Waals surface area contributed by atoms with Gasteiger partial charge in [-0.15, -0.1) is 0 Å². The van der Waals surface area contributed by atoms with Crippen molar-refractivity contribution in [1.82, 2.24) is 4.90 Å². The van der Waals surface area contributed by atoms with Crippen LogP contribution >= 0.6 is 15.9 Å². The Kier molecular flexibility index (Phi) is 7.39. The van der Waals surface area contributed by atoms with E-state index < -0.39 is 17.7 Å². The highest BCUT2D eigenvalue weighted by atomic mass is 79.9. The first-order valence-corrected chi connectivity index (χ1v) is 11.1. The fourth-order valence-corrected chi connectivity index (χ4v) is 3.89. The average molecular weight is 482 g/mol. The number of nitrogens with zero attached hydrogens (tertiary/aromatic N) is 1. The second-order valence-corrected chi connectivity index (χ2v) is 9.35. The number of carboxylic acid groups (broad SMARTS) is 1. The summed E-state index contributed by atoms with van der Waals surface area (Å²) in [6.07, 6.45) is -0.161. The smallest absolute Gasteiger partial charge is 0.408 e. The lowest BCUT2D eigenvalue weighted by atomic mass is 9.92. The summed E-state index contributed by atoms with van der Waals surface area (Å²) >= 11 is 3.45. The molecule has 0 heterocycles. The zero-order chi connectivity index (χ0) is 22.4. The Morgan fingerprint density at radius 1 is 0.968 bits per heavy atom. The van der Waals surface area contributed by atoms with E-state index in [0.717, 1.165) is 27.8 Å². The van der Waals surface area contributed by atoms with Gasteiger partial charge in [-0.05, 0) is 61.7 Å². The summed E-state index contributed by atoms with van der Waals surface area (Å²) < 4.78 is 7.07. The molecular formula is C26H28BrNO3. The van der Waals surface area contributed by atoms with Crippen LogP contribution < -0.4 is 4.74 Å². The molecule has 1 N–H and O–H groups in total. The lowest BCUT2D eigenvalue weighted by Crippen LogP contribution is -2.47. The summed E-state index contributed by atoms with van der Waals surface area (Å²) in [5.74, 6) is 0.731. The van der Waals surface area contributed by atoms with Gasteiger partial charge in [0, 0.05) is 16.4 Å². The molecule has 0 fully saturated rings. The van der Waals surface area contributed by atoms with Crippen molar-refractivity contribution in [3.63, 3.8) is 0 Å². The molecule has 31 heavy (non-hydrogen) atoms. The maximum Gasteiger partial charge on any atom is 0.408 e. The van der Waals surface area contributed by atoms with Crippen LogP contribution in [0.2, 0.25) is 0 Å². The van der Waals surface area contributed by atoms with Crippen LogP contribution in [0, 0.1) is 0 Å². The van der Waals surface area contributed by atoms with E-state index in [9.17, 15) is 9.90 Å². The maximum absolute atomic E-state index is 12.3. The summed E-state index contributed by atoms with van der Waals surface area (Å²) in [4.78, 5) is 13.8. The Labute approximate surface area is 192 Å². The molecule has 0 aliphatic heterocycles. The second-order valence-electron chi connectivity index (χ2n) is 8.43. The van der Waals surface area contributed by atoms with Gasteiger partial charge < -0.3 is 9.84 Å². The Morgan fingerprint density at radius 2 is 1.61 bits per heavy atom. The number of amides is 1. The van der Waals surface area contributed by atoms with Crippen molar-refractivity contribution in [3.05, 3.63) is 100 Å².